The molecule has 1 N–H and O–H groups in total. The van der Waals surface area contributed by atoms with Gasteiger partial charge >= 0.3 is 0 Å². The highest BCUT2D eigenvalue weighted by Gasteiger charge is 2.10. The summed E-state index contributed by atoms with van der Waals surface area (Å²) in [5.74, 6) is 2.65. The highest BCUT2D eigenvalue weighted by Crippen LogP contribution is 2.19. The first-order valence-electron chi connectivity index (χ1n) is 7.71. The number of ether oxygens (including phenoxy) is 1. The van der Waals surface area contributed by atoms with Crippen molar-refractivity contribution in [2.24, 2.45) is 0 Å². The quantitative estimate of drug-likeness (QED) is 0.633. The molecule has 2 heterocycles. The third-order valence-electron chi connectivity index (χ3n) is 3.55. The maximum absolute atomic E-state index is 5.86. The largest absolute Gasteiger partial charge is 0.486 e. The van der Waals surface area contributed by atoms with Crippen LogP contribution in [0.4, 0.5) is 0 Å². The van der Waals surface area contributed by atoms with Gasteiger partial charge in [-0.25, -0.2) is 4.98 Å². The summed E-state index contributed by atoms with van der Waals surface area (Å²) in [6.45, 7) is 5.18. The number of furan rings is 1. The third kappa shape index (κ3) is 4.60. The first-order valence-corrected chi connectivity index (χ1v) is 8.97. The van der Waals surface area contributed by atoms with E-state index < -0.39 is 0 Å². The van der Waals surface area contributed by atoms with Gasteiger partial charge in [0.15, 0.2) is 0 Å². The summed E-state index contributed by atoms with van der Waals surface area (Å²) in [6, 6.07) is 11.4. The summed E-state index contributed by atoms with van der Waals surface area (Å²) >= 11 is 7.46. The predicted octanol–water partition coefficient (Wildman–Crippen LogP) is 5.13. The summed E-state index contributed by atoms with van der Waals surface area (Å²) < 4.78 is 11.3. The number of nitrogens with zero attached hydrogens (tertiary/aromatic N) is 1. The van der Waals surface area contributed by atoms with Crippen molar-refractivity contribution >= 4 is 22.9 Å². The average Bonchev–Trinajstić information content (AvgIpc) is 3.21. The lowest BCUT2D eigenvalue weighted by Gasteiger charge is -2.09. The fourth-order valence-electron chi connectivity index (χ4n) is 2.22. The Labute approximate surface area is 150 Å². The van der Waals surface area contributed by atoms with Gasteiger partial charge in [-0.15, -0.1) is 11.3 Å². The maximum Gasteiger partial charge on any atom is 0.140 e. The molecule has 0 saturated carbocycles. The topological polar surface area (TPSA) is 47.3 Å². The number of aryl methyl sites for hydroxylation is 1. The van der Waals surface area contributed by atoms with Crippen molar-refractivity contribution in [3.05, 3.63) is 69.0 Å². The number of hydrogen-bond donors (Lipinski definition) is 1. The second-order valence-electron chi connectivity index (χ2n) is 5.53. The molecule has 0 radical (unpaired) electrons. The van der Waals surface area contributed by atoms with Crippen LogP contribution in [-0.2, 0) is 13.2 Å². The Morgan fingerprint density at radius 2 is 2.04 bits per heavy atom. The molecule has 1 atom stereocenters. The first-order chi connectivity index (χ1) is 11.6. The van der Waals surface area contributed by atoms with Crippen molar-refractivity contribution in [1.82, 2.24) is 10.3 Å². The number of hydrogen-bond acceptors (Lipinski definition) is 5. The lowest BCUT2D eigenvalue weighted by atomic mass is 10.2. The van der Waals surface area contributed by atoms with Crippen LogP contribution in [0.5, 0.6) is 5.75 Å². The van der Waals surface area contributed by atoms with E-state index in [1.165, 1.54) is 0 Å². The molecule has 0 saturated heterocycles. The van der Waals surface area contributed by atoms with E-state index in [-0.39, 0.29) is 6.04 Å². The Bertz CT molecular complexity index is 782. The molecule has 3 rings (SSSR count). The van der Waals surface area contributed by atoms with E-state index in [4.69, 9.17) is 20.8 Å². The van der Waals surface area contributed by atoms with Crippen molar-refractivity contribution in [2.45, 2.75) is 33.0 Å². The normalized spacial score (nSPS) is 12.3. The van der Waals surface area contributed by atoms with Crippen molar-refractivity contribution in [2.75, 3.05) is 0 Å². The van der Waals surface area contributed by atoms with E-state index in [0.29, 0.717) is 18.2 Å². The molecule has 126 valence electrons. The fourth-order valence-corrected chi connectivity index (χ4v) is 3.05. The Morgan fingerprint density at radius 3 is 2.75 bits per heavy atom. The second kappa shape index (κ2) is 7.83. The van der Waals surface area contributed by atoms with Crippen LogP contribution in [0.3, 0.4) is 0 Å². The molecular formula is C18H19ClN2O2S. The molecule has 0 aliphatic carbocycles. The molecule has 24 heavy (non-hydrogen) atoms. The summed E-state index contributed by atoms with van der Waals surface area (Å²) in [4.78, 5) is 4.59. The van der Waals surface area contributed by atoms with Gasteiger partial charge in [-0.3, -0.25) is 0 Å². The van der Waals surface area contributed by atoms with Crippen LogP contribution in [0.25, 0.3) is 0 Å². The van der Waals surface area contributed by atoms with Crippen molar-refractivity contribution in [3.8, 4) is 5.75 Å². The van der Waals surface area contributed by atoms with E-state index in [1.54, 1.807) is 11.3 Å². The zero-order valence-corrected chi connectivity index (χ0v) is 15.2. The van der Waals surface area contributed by atoms with Gasteiger partial charge in [0.05, 0.1) is 11.7 Å². The smallest absolute Gasteiger partial charge is 0.140 e. The summed E-state index contributed by atoms with van der Waals surface area (Å²) in [5, 5.41) is 7.11. The molecule has 3 aromatic rings. The SMILES string of the molecule is Cc1ccc(C(C)NCc2csc(COc3ccc(Cl)cc3)n2)o1. The predicted molar refractivity (Wildman–Crippen MR) is 96.6 cm³/mol. The molecule has 0 aliphatic heterocycles. The number of rotatable bonds is 7. The Hall–Kier alpha value is -1.82. The van der Waals surface area contributed by atoms with E-state index in [9.17, 15) is 0 Å². The van der Waals surface area contributed by atoms with Crippen LogP contribution < -0.4 is 10.1 Å². The van der Waals surface area contributed by atoms with Gasteiger partial charge in [0.25, 0.3) is 0 Å². The molecule has 0 bridgehead atoms. The lowest BCUT2D eigenvalue weighted by molar-refractivity contribution is 0.305. The molecular weight excluding hydrogens is 344 g/mol. The average molecular weight is 363 g/mol. The van der Waals surface area contributed by atoms with Gasteiger partial charge in [-0.2, -0.15) is 0 Å². The summed E-state index contributed by atoms with van der Waals surface area (Å²) in [6.07, 6.45) is 0. The van der Waals surface area contributed by atoms with Crippen LogP contribution in [-0.4, -0.2) is 4.98 Å². The minimum Gasteiger partial charge on any atom is -0.486 e. The Balaban J connectivity index is 1.49. The fraction of sp³-hybridized carbons (Fsp3) is 0.278. The van der Waals surface area contributed by atoms with Crippen LogP contribution in [0.1, 0.15) is 35.2 Å². The molecule has 0 aliphatic rings. The van der Waals surface area contributed by atoms with E-state index >= 15 is 0 Å². The highest BCUT2D eigenvalue weighted by atomic mass is 35.5. The van der Waals surface area contributed by atoms with Crippen molar-refractivity contribution in [1.29, 1.82) is 0 Å². The highest BCUT2D eigenvalue weighted by molar-refractivity contribution is 7.09. The minimum atomic E-state index is 0.147. The summed E-state index contributed by atoms with van der Waals surface area (Å²) in [7, 11) is 0. The zero-order valence-electron chi connectivity index (χ0n) is 13.6. The Kier molecular flexibility index (Phi) is 5.56. The molecule has 1 aromatic carbocycles. The summed E-state index contributed by atoms with van der Waals surface area (Å²) in [5.41, 5.74) is 1.00. The van der Waals surface area contributed by atoms with Crippen molar-refractivity contribution in [3.63, 3.8) is 0 Å². The third-order valence-corrected chi connectivity index (χ3v) is 4.68. The van der Waals surface area contributed by atoms with Gasteiger partial charge < -0.3 is 14.5 Å². The van der Waals surface area contributed by atoms with E-state index in [2.05, 4.69) is 17.2 Å². The first kappa shape index (κ1) is 17.0. The monoisotopic (exact) mass is 362 g/mol. The zero-order chi connectivity index (χ0) is 16.9. The number of thiazole rings is 1. The number of nitrogens with one attached hydrogen (secondary N) is 1. The maximum atomic E-state index is 5.86. The second-order valence-corrected chi connectivity index (χ2v) is 6.91. The number of aromatic nitrogens is 1. The molecule has 0 fully saturated rings. The van der Waals surface area contributed by atoms with Crippen LogP contribution in [0.15, 0.2) is 46.2 Å². The van der Waals surface area contributed by atoms with Gasteiger partial charge in [0.2, 0.25) is 0 Å². The van der Waals surface area contributed by atoms with Gasteiger partial charge in [0.1, 0.15) is 28.9 Å². The molecule has 4 nitrogen and oxygen atoms in total. The molecule has 0 amide bonds. The molecule has 2 aromatic heterocycles. The minimum absolute atomic E-state index is 0.147. The molecule has 0 spiro atoms. The molecule has 6 heteroatoms. The Morgan fingerprint density at radius 1 is 1.25 bits per heavy atom. The van der Waals surface area contributed by atoms with E-state index in [0.717, 1.165) is 28.0 Å². The molecule has 1 unspecified atom stereocenters. The van der Waals surface area contributed by atoms with Crippen LogP contribution in [0.2, 0.25) is 5.02 Å². The van der Waals surface area contributed by atoms with E-state index in [1.807, 2.05) is 48.7 Å². The van der Waals surface area contributed by atoms with Crippen LogP contribution >= 0.6 is 22.9 Å². The number of halogens is 1. The van der Waals surface area contributed by atoms with Gasteiger partial charge in [0, 0.05) is 16.9 Å². The van der Waals surface area contributed by atoms with Crippen molar-refractivity contribution < 1.29 is 9.15 Å². The lowest BCUT2D eigenvalue weighted by Crippen LogP contribution is -2.17. The van der Waals surface area contributed by atoms with Crippen LogP contribution in [0, 0.1) is 6.92 Å². The number of benzene rings is 1. The standard InChI is InChI=1S/C18H19ClN2O2S/c1-12-3-8-17(23-12)13(2)20-9-15-11-24-18(21-15)10-22-16-6-4-14(19)5-7-16/h3-8,11,13,20H,9-10H2,1-2H3. The van der Waals surface area contributed by atoms with Gasteiger partial charge in [-0.05, 0) is 50.2 Å². The van der Waals surface area contributed by atoms with Gasteiger partial charge in [-0.1, -0.05) is 11.6 Å².